The highest BCUT2D eigenvalue weighted by atomic mass is 35.5. The molecule has 1 heterocycles. The van der Waals surface area contributed by atoms with Crippen molar-refractivity contribution < 1.29 is 4.79 Å². The van der Waals surface area contributed by atoms with E-state index in [1.165, 1.54) is 17.3 Å². The highest BCUT2D eigenvalue weighted by molar-refractivity contribution is 8.00. The summed E-state index contributed by atoms with van der Waals surface area (Å²) in [6.45, 7) is 2.63. The lowest BCUT2D eigenvalue weighted by atomic mass is 10.1. The number of thiazole rings is 1. The number of anilines is 1. The molecule has 3 nitrogen and oxygen atoms in total. The van der Waals surface area contributed by atoms with Crippen molar-refractivity contribution in [3.05, 3.63) is 88.9 Å². The number of carbonyl (C=O) groups is 1. The summed E-state index contributed by atoms with van der Waals surface area (Å²) >= 11 is 9.05. The lowest BCUT2D eigenvalue weighted by molar-refractivity contribution is -0.116. The van der Waals surface area contributed by atoms with Gasteiger partial charge in [0.1, 0.15) is 0 Å². The zero-order valence-corrected chi connectivity index (χ0v) is 18.9. The van der Waals surface area contributed by atoms with Crippen LogP contribution in [-0.4, -0.2) is 16.6 Å². The van der Waals surface area contributed by atoms with Crippen molar-refractivity contribution in [2.45, 2.75) is 24.8 Å². The number of aromatic nitrogens is 1. The Bertz CT molecular complexity index is 1140. The number of aryl methyl sites for hydroxylation is 1. The first-order chi connectivity index (χ1) is 14.6. The Kier molecular flexibility index (Phi) is 6.72. The van der Waals surface area contributed by atoms with Gasteiger partial charge in [-0.3, -0.25) is 9.69 Å². The number of benzene rings is 3. The summed E-state index contributed by atoms with van der Waals surface area (Å²) in [4.78, 5) is 21.0. The van der Waals surface area contributed by atoms with Crippen LogP contribution in [0.15, 0.2) is 77.7 Å². The van der Waals surface area contributed by atoms with Crippen molar-refractivity contribution in [1.82, 2.24) is 4.98 Å². The number of fused-ring (bicyclic) bond motifs is 1. The average Bonchev–Trinajstić information content (AvgIpc) is 3.21. The molecule has 0 saturated heterocycles. The number of hydrogen-bond acceptors (Lipinski definition) is 4. The second-order valence-electron chi connectivity index (χ2n) is 6.82. The Morgan fingerprint density at radius 2 is 1.80 bits per heavy atom. The van der Waals surface area contributed by atoms with E-state index < -0.39 is 0 Å². The molecule has 0 N–H and O–H groups in total. The molecule has 152 valence electrons. The maximum Gasteiger partial charge on any atom is 0.239 e. The quantitative estimate of drug-likeness (QED) is 0.288. The average molecular weight is 453 g/mol. The highest BCUT2D eigenvalue weighted by Gasteiger charge is 2.21. The summed E-state index contributed by atoms with van der Waals surface area (Å²) in [7, 11) is 0. The van der Waals surface area contributed by atoms with Crippen LogP contribution in [0, 0.1) is 0 Å². The molecule has 1 amide bonds. The number of halogens is 1. The zero-order valence-electron chi connectivity index (χ0n) is 16.5. The number of rotatable bonds is 7. The smallest absolute Gasteiger partial charge is 0.239 e. The van der Waals surface area contributed by atoms with E-state index in [9.17, 15) is 4.79 Å². The largest absolute Gasteiger partial charge is 0.283 e. The number of thioether (sulfide) groups is 1. The van der Waals surface area contributed by atoms with Crippen molar-refractivity contribution in [1.29, 1.82) is 0 Å². The number of hydrogen-bond donors (Lipinski definition) is 0. The monoisotopic (exact) mass is 452 g/mol. The standard InChI is InChI=1S/C24H21ClN2OS2/c1-2-18-9-6-10-21-23(18)26-24(30-21)27(15-17-7-4-3-5-8-17)22(28)16-29-20-13-11-19(25)12-14-20/h3-14H,2,15-16H2,1H3. The molecule has 0 radical (unpaired) electrons. The molecule has 0 spiro atoms. The molecule has 0 bridgehead atoms. The number of para-hydroxylation sites is 1. The normalized spacial score (nSPS) is 11.0. The van der Waals surface area contributed by atoms with Gasteiger partial charge in [-0.25, -0.2) is 4.98 Å². The maximum atomic E-state index is 13.3. The van der Waals surface area contributed by atoms with E-state index in [0.29, 0.717) is 17.3 Å². The van der Waals surface area contributed by atoms with Crippen LogP contribution >= 0.6 is 34.7 Å². The zero-order chi connectivity index (χ0) is 20.9. The van der Waals surface area contributed by atoms with Gasteiger partial charge in [-0.15, -0.1) is 11.8 Å². The van der Waals surface area contributed by atoms with Crippen molar-refractivity contribution in [3.63, 3.8) is 0 Å². The molecule has 3 aromatic carbocycles. The van der Waals surface area contributed by atoms with E-state index in [2.05, 4.69) is 25.1 Å². The third kappa shape index (κ3) is 4.86. The molecular formula is C24H21ClN2OS2. The predicted octanol–water partition coefficient (Wildman–Crippen LogP) is 6.84. The van der Waals surface area contributed by atoms with Crippen molar-refractivity contribution in [2.24, 2.45) is 0 Å². The Hall–Kier alpha value is -2.34. The molecule has 0 unspecified atom stereocenters. The molecule has 0 fully saturated rings. The fourth-order valence-corrected chi connectivity index (χ4v) is 5.11. The Labute approximate surface area is 189 Å². The first-order valence-electron chi connectivity index (χ1n) is 9.75. The molecule has 1 aromatic heterocycles. The van der Waals surface area contributed by atoms with Gasteiger partial charge in [0, 0.05) is 9.92 Å². The molecule has 4 aromatic rings. The van der Waals surface area contributed by atoms with Gasteiger partial charge in [-0.2, -0.15) is 0 Å². The fourth-order valence-electron chi connectivity index (χ4n) is 3.18. The van der Waals surface area contributed by atoms with Crippen LogP contribution in [0.5, 0.6) is 0 Å². The van der Waals surface area contributed by atoms with Crippen LogP contribution in [0.3, 0.4) is 0 Å². The summed E-state index contributed by atoms with van der Waals surface area (Å²) < 4.78 is 1.11. The molecular weight excluding hydrogens is 432 g/mol. The van der Waals surface area contributed by atoms with Gasteiger partial charge >= 0.3 is 0 Å². The van der Waals surface area contributed by atoms with Crippen LogP contribution in [0.4, 0.5) is 5.13 Å². The van der Waals surface area contributed by atoms with Gasteiger partial charge in [0.25, 0.3) is 0 Å². The molecule has 0 aliphatic carbocycles. The van der Waals surface area contributed by atoms with Gasteiger partial charge in [0.05, 0.1) is 22.5 Å². The lowest BCUT2D eigenvalue weighted by Crippen LogP contribution is -2.31. The van der Waals surface area contributed by atoms with E-state index in [-0.39, 0.29) is 5.91 Å². The molecule has 30 heavy (non-hydrogen) atoms. The molecule has 0 atom stereocenters. The minimum absolute atomic E-state index is 0.0379. The third-order valence-corrected chi connectivity index (χ3v) is 7.06. The van der Waals surface area contributed by atoms with Gasteiger partial charge in [0.15, 0.2) is 5.13 Å². The minimum atomic E-state index is 0.0379. The second-order valence-corrected chi connectivity index (χ2v) is 9.32. The Morgan fingerprint density at radius 3 is 2.53 bits per heavy atom. The molecule has 0 aliphatic heterocycles. The summed E-state index contributed by atoms with van der Waals surface area (Å²) in [5, 5.41) is 1.44. The number of nitrogens with zero attached hydrogens (tertiary/aromatic N) is 2. The first-order valence-corrected chi connectivity index (χ1v) is 11.9. The molecule has 6 heteroatoms. The van der Waals surface area contributed by atoms with E-state index in [1.54, 1.807) is 11.3 Å². The summed E-state index contributed by atoms with van der Waals surface area (Å²) in [6, 6.07) is 23.8. The van der Waals surface area contributed by atoms with Crippen molar-refractivity contribution >= 4 is 56.0 Å². The molecule has 4 rings (SSSR count). The van der Waals surface area contributed by atoms with Gasteiger partial charge in [-0.1, -0.05) is 72.3 Å². The van der Waals surface area contributed by atoms with Gasteiger partial charge in [0.2, 0.25) is 5.91 Å². The summed E-state index contributed by atoms with van der Waals surface area (Å²) in [6.07, 6.45) is 0.916. The van der Waals surface area contributed by atoms with Crippen molar-refractivity contribution in [2.75, 3.05) is 10.7 Å². The predicted molar refractivity (Wildman–Crippen MR) is 129 cm³/mol. The SMILES string of the molecule is CCc1cccc2sc(N(Cc3ccccc3)C(=O)CSc3ccc(Cl)cc3)nc12. The summed E-state index contributed by atoms with van der Waals surface area (Å²) in [5.41, 5.74) is 3.28. The maximum absolute atomic E-state index is 13.3. The van der Waals surface area contributed by atoms with Crippen LogP contribution in [0.25, 0.3) is 10.2 Å². The lowest BCUT2D eigenvalue weighted by Gasteiger charge is -2.20. The van der Waals surface area contributed by atoms with E-state index in [4.69, 9.17) is 16.6 Å². The Balaban J connectivity index is 1.62. The Morgan fingerprint density at radius 1 is 1.03 bits per heavy atom. The highest BCUT2D eigenvalue weighted by Crippen LogP contribution is 2.32. The second kappa shape index (κ2) is 9.65. The van der Waals surface area contributed by atoms with E-state index in [0.717, 1.165) is 32.2 Å². The van der Waals surface area contributed by atoms with Crippen LogP contribution in [0.1, 0.15) is 18.1 Å². The minimum Gasteiger partial charge on any atom is -0.283 e. The van der Waals surface area contributed by atoms with E-state index >= 15 is 0 Å². The molecule has 0 saturated carbocycles. The van der Waals surface area contributed by atoms with Gasteiger partial charge < -0.3 is 0 Å². The fraction of sp³-hybridized carbons (Fsp3) is 0.167. The topological polar surface area (TPSA) is 33.2 Å². The van der Waals surface area contributed by atoms with Crippen LogP contribution in [0.2, 0.25) is 5.02 Å². The molecule has 0 aliphatic rings. The van der Waals surface area contributed by atoms with Crippen LogP contribution in [-0.2, 0) is 17.8 Å². The third-order valence-electron chi connectivity index (χ3n) is 4.76. The van der Waals surface area contributed by atoms with Crippen molar-refractivity contribution in [3.8, 4) is 0 Å². The van der Waals surface area contributed by atoms with Crippen LogP contribution < -0.4 is 4.90 Å². The summed E-state index contributed by atoms with van der Waals surface area (Å²) in [5.74, 6) is 0.376. The number of amides is 1. The number of carbonyl (C=O) groups excluding carboxylic acids is 1. The first kappa shape index (κ1) is 20.9. The van der Waals surface area contributed by atoms with E-state index in [1.807, 2.05) is 59.5 Å². The van der Waals surface area contributed by atoms with Gasteiger partial charge in [-0.05, 0) is 47.9 Å².